The average Bonchev–Trinajstić information content (AvgIpc) is 3.23. The van der Waals surface area contributed by atoms with Gasteiger partial charge in [-0.05, 0) is 37.7 Å². The van der Waals surface area contributed by atoms with Crippen LogP contribution < -0.4 is 0 Å². The number of alkyl halides is 3. The summed E-state index contributed by atoms with van der Waals surface area (Å²) in [5, 5.41) is 0. The van der Waals surface area contributed by atoms with E-state index in [0.29, 0.717) is 38.9 Å². The van der Waals surface area contributed by atoms with Crippen molar-refractivity contribution < 1.29 is 32.2 Å². The van der Waals surface area contributed by atoms with E-state index in [1.807, 2.05) is 30.3 Å². The molecule has 8 heteroatoms. The Balaban J connectivity index is 0.00000107. The van der Waals surface area contributed by atoms with Crippen LogP contribution >= 0.6 is 0 Å². The number of benzene rings is 1. The average molecular weight is 444 g/mol. The predicted octanol–water partition coefficient (Wildman–Crippen LogP) is 4.88. The molecular formula is C23H32F3NO4. The normalized spacial score (nSPS) is 21.7. The van der Waals surface area contributed by atoms with Crippen LogP contribution in [-0.4, -0.2) is 48.3 Å². The highest BCUT2D eigenvalue weighted by Crippen LogP contribution is 2.35. The molecule has 1 aliphatic carbocycles. The van der Waals surface area contributed by atoms with Gasteiger partial charge in [-0.3, -0.25) is 9.59 Å². The summed E-state index contributed by atoms with van der Waals surface area (Å²) >= 11 is 0. The number of esters is 1. The monoisotopic (exact) mass is 443 g/mol. The Morgan fingerprint density at radius 3 is 2.23 bits per heavy atom. The van der Waals surface area contributed by atoms with E-state index in [-0.39, 0.29) is 13.0 Å². The minimum atomic E-state index is -4.93. The Bertz CT molecular complexity index is 690. The molecule has 2 fully saturated rings. The summed E-state index contributed by atoms with van der Waals surface area (Å²) in [7, 11) is 0. The summed E-state index contributed by atoms with van der Waals surface area (Å²) in [6, 6.07) is 8.08. The van der Waals surface area contributed by atoms with Crippen molar-refractivity contribution in [3.8, 4) is 0 Å². The zero-order valence-electron chi connectivity index (χ0n) is 18.2. The van der Waals surface area contributed by atoms with E-state index in [0.717, 1.165) is 10.5 Å². The van der Waals surface area contributed by atoms with Crippen molar-refractivity contribution in [1.29, 1.82) is 0 Å². The minimum Gasteiger partial charge on any atom is -0.461 e. The van der Waals surface area contributed by atoms with E-state index in [2.05, 4.69) is 13.8 Å². The Morgan fingerprint density at radius 2 is 1.65 bits per heavy atom. The molecule has 1 amide bonds. The molecule has 5 nitrogen and oxygen atoms in total. The maximum absolute atomic E-state index is 13.2. The smallest absolute Gasteiger partial charge is 0.461 e. The molecule has 0 spiro atoms. The van der Waals surface area contributed by atoms with Crippen LogP contribution in [0.1, 0.15) is 57.9 Å². The van der Waals surface area contributed by atoms with E-state index >= 15 is 0 Å². The molecule has 2 atom stereocenters. The number of carbonyl (C=O) groups excluding carboxylic acids is 2. The van der Waals surface area contributed by atoms with Gasteiger partial charge in [0.25, 0.3) is 0 Å². The second-order valence-corrected chi connectivity index (χ2v) is 8.02. The standard InChI is InChI=1S/C20H24F3NO4.C3H8/c21-20(22,23)19(26)24(16-8-10-27-11-9-16)17-7-6-15(12-17)18(25)28-13-14-4-2-1-3-5-14;1-3-2/h1-5,15-17H,6-13H2;3H2,1-2H3. The van der Waals surface area contributed by atoms with Crippen LogP contribution in [0.4, 0.5) is 13.2 Å². The van der Waals surface area contributed by atoms with E-state index in [1.165, 1.54) is 6.42 Å². The molecule has 0 N–H and O–H groups in total. The van der Waals surface area contributed by atoms with Gasteiger partial charge in [0, 0.05) is 25.3 Å². The van der Waals surface area contributed by atoms with Crippen LogP contribution in [-0.2, 0) is 25.7 Å². The number of nitrogens with zero attached hydrogens (tertiary/aromatic N) is 1. The summed E-state index contributed by atoms with van der Waals surface area (Å²) in [5.74, 6) is -2.72. The molecule has 0 radical (unpaired) electrons. The van der Waals surface area contributed by atoms with Gasteiger partial charge >= 0.3 is 18.1 Å². The van der Waals surface area contributed by atoms with Crippen molar-refractivity contribution >= 4 is 11.9 Å². The molecule has 174 valence electrons. The van der Waals surface area contributed by atoms with E-state index in [9.17, 15) is 22.8 Å². The second kappa shape index (κ2) is 12.1. The van der Waals surface area contributed by atoms with Crippen molar-refractivity contribution in [2.24, 2.45) is 5.92 Å². The molecular weight excluding hydrogens is 411 g/mol. The van der Waals surface area contributed by atoms with E-state index < -0.39 is 36.1 Å². The molecule has 2 unspecified atom stereocenters. The number of carbonyl (C=O) groups is 2. The van der Waals surface area contributed by atoms with Gasteiger partial charge in [-0.1, -0.05) is 50.6 Å². The Labute approximate surface area is 181 Å². The molecule has 2 aliphatic rings. The quantitative estimate of drug-likeness (QED) is 0.609. The van der Waals surface area contributed by atoms with Crippen LogP contribution in [0.15, 0.2) is 30.3 Å². The topological polar surface area (TPSA) is 55.8 Å². The number of hydrogen-bond acceptors (Lipinski definition) is 4. The van der Waals surface area contributed by atoms with Gasteiger partial charge in [0.2, 0.25) is 0 Å². The first-order valence-corrected chi connectivity index (χ1v) is 11.0. The first-order valence-electron chi connectivity index (χ1n) is 11.0. The third kappa shape index (κ3) is 7.52. The molecule has 31 heavy (non-hydrogen) atoms. The summed E-state index contributed by atoms with van der Waals surface area (Å²) in [4.78, 5) is 25.4. The predicted molar refractivity (Wildman–Crippen MR) is 110 cm³/mol. The lowest BCUT2D eigenvalue weighted by molar-refractivity contribution is -0.192. The first-order chi connectivity index (χ1) is 14.8. The minimum absolute atomic E-state index is 0.131. The Kier molecular flexibility index (Phi) is 9.81. The lowest BCUT2D eigenvalue weighted by Crippen LogP contribution is -2.53. The maximum Gasteiger partial charge on any atom is 0.471 e. The molecule has 3 rings (SSSR count). The second-order valence-electron chi connectivity index (χ2n) is 8.02. The fourth-order valence-electron chi connectivity index (χ4n) is 4.01. The largest absolute Gasteiger partial charge is 0.471 e. The van der Waals surface area contributed by atoms with Crippen molar-refractivity contribution in [3.63, 3.8) is 0 Å². The van der Waals surface area contributed by atoms with Gasteiger partial charge in [0.1, 0.15) is 6.61 Å². The number of halogens is 3. The number of ether oxygens (including phenoxy) is 2. The van der Waals surface area contributed by atoms with Crippen LogP contribution in [0.5, 0.6) is 0 Å². The fourth-order valence-corrected chi connectivity index (χ4v) is 4.01. The SMILES string of the molecule is CCC.O=C(OCc1ccccc1)C1CCC(N(C(=O)C(F)(F)F)C2CCOCC2)C1. The highest BCUT2D eigenvalue weighted by Gasteiger charge is 2.49. The molecule has 1 aromatic carbocycles. The van der Waals surface area contributed by atoms with Crippen molar-refractivity contribution in [2.45, 2.75) is 77.2 Å². The Hall–Kier alpha value is -2.09. The van der Waals surface area contributed by atoms with Gasteiger partial charge < -0.3 is 14.4 Å². The van der Waals surface area contributed by atoms with Crippen LogP contribution in [0.25, 0.3) is 0 Å². The van der Waals surface area contributed by atoms with Gasteiger partial charge in [-0.15, -0.1) is 0 Å². The van der Waals surface area contributed by atoms with E-state index in [4.69, 9.17) is 9.47 Å². The third-order valence-corrected chi connectivity index (χ3v) is 5.42. The fraction of sp³-hybridized carbons (Fsp3) is 0.652. The van der Waals surface area contributed by atoms with Gasteiger partial charge in [0.05, 0.1) is 5.92 Å². The maximum atomic E-state index is 13.2. The molecule has 1 saturated carbocycles. The summed E-state index contributed by atoms with van der Waals surface area (Å²) in [6.45, 7) is 5.05. The van der Waals surface area contributed by atoms with Crippen LogP contribution in [0, 0.1) is 5.92 Å². The van der Waals surface area contributed by atoms with Gasteiger partial charge in [-0.2, -0.15) is 13.2 Å². The molecule has 1 saturated heterocycles. The number of hydrogen-bond donors (Lipinski definition) is 0. The number of amides is 1. The Morgan fingerprint density at radius 1 is 1.03 bits per heavy atom. The van der Waals surface area contributed by atoms with Crippen molar-refractivity contribution in [2.75, 3.05) is 13.2 Å². The van der Waals surface area contributed by atoms with Gasteiger partial charge in [-0.25, -0.2) is 0 Å². The highest BCUT2D eigenvalue weighted by atomic mass is 19.4. The third-order valence-electron chi connectivity index (χ3n) is 5.42. The van der Waals surface area contributed by atoms with Crippen LogP contribution in [0.3, 0.4) is 0 Å². The zero-order valence-corrected chi connectivity index (χ0v) is 18.2. The molecule has 1 heterocycles. The highest BCUT2D eigenvalue weighted by molar-refractivity contribution is 5.83. The van der Waals surface area contributed by atoms with Gasteiger partial charge in [0.15, 0.2) is 0 Å². The zero-order chi connectivity index (χ0) is 22.9. The van der Waals surface area contributed by atoms with Crippen molar-refractivity contribution in [1.82, 2.24) is 4.90 Å². The van der Waals surface area contributed by atoms with Crippen LogP contribution in [0.2, 0.25) is 0 Å². The van der Waals surface area contributed by atoms with Crippen molar-refractivity contribution in [3.05, 3.63) is 35.9 Å². The molecule has 0 bridgehead atoms. The summed E-state index contributed by atoms with van der Waals surface area (Å²) in [5.41, 5.74) is 0.849. The first kappa shape index (κ1) is 25.2. The van der Waals surface area contributed by atoms with E-state index in [1.54, 1.807) is 0 Å². The lowest BCUT2D eigenvalue weighted by atomic mass is 10.0. The molecule has 0 aromatic heterocycles. The lowest BCUT2D eigenvalue weighted by Gasteiger charge is -2.39. The molecule has 1 aliphatic heterocycles. The number of rotatable bonds is 5. The summed E-state index contributed by atoms with van der Waals surface area (Å²) in [6.07, 6.45) is -1.94. The summed E-state index contributed by atoms with van der Waals surface area (Å²) < 4.78 is 50.0. The molecule has 1 aromatic rings.